The Morgan fingerprint density at radius 2 is 1.90 bits per heavy atom. The van der Waals surface area contributed by atoms with Crippen LogP contribution in [0.15, 0.2) is 54.6 Å². The molecular formula is C16H14N2OS. The summed E-state index contributed by atoms with van der Waals surface area (Å²) in [4.78, 5) is 14.9. The predicted octanol–water partition coefficient (Wildman–Crippen LogP) is 3.76. The highest BCUT2D eigenvalue weighted by Gasteiger charge is 2.16. The van der Waals surface area contributed by atoms with Crippen molar-refractivity contribution in [3.05, 3.63) is 59.5 Å². The van der Waals surface area contributed by atoms with E-state index < -0.39 is 0 Å². The lowest BCUT2D eigenvalue weighted by atomic mass is 10.2. The number of carbonyl (C=O) groups is 1. The van der Waals surface area contributed by atoms with Crippen molar-refractivity contribution in [2.45, 2.75) is 0 Å². The Bertz CT molecular complexity index is 746. The Labute approximate surface area is 121 Å². The largest absolute Gasteiger partial charge is 0.399 e. The number of hydrogen-bond acceptors (Lipinski definition) is 3. The summed E-state index contributed by atoms with van der Waals surface area (Å²) in [5, 5.41) is 1.10. The van der Waals surface area contributed by atoms with Gasteiger partial charge in [0.25, 0.3) is 5.91 Å². The molecule has 0 fully saturated rings. The molecule has 0 aliphatic heterocycles. The zero-order chi connectivity index (χ0) is 14.1. The van der Waals surface area contributed by atoms with Gasteiger partial charge in [-0.25, -0.2) is 0 Å². The molecule has 0 saturated carbocycles. The van der Waals surface area contributed by atoms with Crippen LogP contribution < -0.4 is 10.6 Å². The van der Waals surface area contributed by atoms with E-state index in [1.54, 1.807) is 24.1 Å². The van der Waals surface area contributed by atoms with Crippen molar-refractivity contribution in [1.29, 1.82) is 0 Å². The average molecular weight is 282 g/mol. The summed E-state index contributed by atoms with van der Waals surface area (Å²) in [5.74, 6) is -0.0169. The molecule has 20 heavy (non-hydrogen) atoms. The Morgan fingerprint density at radius 3 is 2.65 bits per heavy atom. The second-order valence-electron chi connectivity index (χ2n) is 4.61. The minimum atomic E-state index is -0.0169. The van der Waals surface area contributed by atoms with Gasteiger partial charge in [0, 0.05) is 23.1 Å². The summed E-state index contributed by atoms with van der Waals surface area (Å²) < 4.78 is 1.12. The topological polar surface area (TPSA) is 46.3 Å². The van der Waals surface area contributed by atoms with Gasteiger partial charge in [-0.1, -0.05) is 24.3 Å². The molecule has 0 atom stereocenters. The van der Waals surface area contributed by atoms with Crippen molar-refractivity contribution in [1.82, 2.24) is 0 Å². The zero-order valence-corrected chi connectivity index (χ0v) is 11.9. The number of anilines is 2. The van der Waals surface area contributed by atoms with E-state index >= 15 is 0 Å². The molecule has 0 spiro atoms. The van der Waals surface area contributed by atoms with E-state index in [2.05, 4.69) is 0 Å². The van der Waals surface area contributed by atoms with Crippen molar-refractivity contribution < 1.29 is 4.79 Å². The molecule has 3 aromatic rings. The van der Waals surface area contributed by atoms with Gasteiger partial charge in [0.1, 0.15) is 0 Å². The van der Waals surface area contributed by atoms with Crippen LogP contribution in [0, 0.1) is 0 Å². The SMILES string of the molecule is CN(C(=O)c1cc2ccccc2s1)c1cccc(N)c1. The number of fused-ring (bicyclic) bond motifs is 1. The highest BCUT2D eigenvalue weighted by molar-refractivity contribution is 7.20. The van der Waals surface area contributed by atoms with E-state index in [9.17, 15) is 4.79 Å². The van der Waals surface area contributed by atoms with Crippen LogP contribution in [0.25, 0.3) is 10.1 Å². The van der Waals surface area contributed by atoms with Crippen molar-refractivity contribution in [2.24, 2.45) is 0 Å². The van der Waals surface area contributed by atoms with Gasteiger partial charge in [-0.3, -0.25) is 4.79 Å². The average Bonchev–Trinajstić information content (AvgIpc) is 2.89. The maximum Gasteiger partial charge on any atom is 0.268 e. The Kier molecular flexibility index (Phi) is 3.16. The molecule has 0 aliphatic carbocycles. The first-order valence-corrected chi connectivity index (χ1v) is 7.09. The summed E-state index contributed by atoms with van der Waals surface area (Å²) in [6.45, 7) is 0. The monoisotopic (exact) mass is 282 g/mol. The summed E-state index contributed by atoms with van der Waals surface area (Å²) in [5.41, 5.74) is 7.21. The van der Waals surface area contributed by atoms with Crippen LogP contribution in [0.3, 0.4) is 0 Å². The number of hydrogen-bond donors (Lipinski definition) is 1. The zero-order valence-electron chi connectivity index (χ0n) is 11.0. The van der Waals surface area contributed by atoms with Gasteiger partial charge in [0.05, 0.1) is 4.88 Å². The third-order valence-electron chi connectivity index (χ3n) is 3.20. The van der Waals surface area contributed by atoms with Gasteiger partial charge < -0.3 is 10.6 Å². The molecule has 4 heteroatoms. The third-order valence-corrected chi connectivity index (χ3v) is 4.30. The molecule has 0 unspecified atom stereocenters. The number of carbonyl (C=O) groups excluding carboxylic acids is 1. The highest BCUT2D eigenvalue weighted by Crippen LogP contribution is 2.27. The molecular weight excluding hydrogens is 268 g/mol. The minimum absolute atomic E-state index is 0.0169. The van der Waals surface area contributed by atoms with Gasteiger partial charge in [-0.05, 0) is 35.7 Å². The summed E-state index contributed by atoms with van der Waals surface area (Å²) in [7, 11) is 1.77. The molecule has 1 heterocycles. The van der Waals surface area contributed by atoms with E-state index in [4.69, 9.17) is 5.73 Å². The van der Waals surface area contributed by atoms with Crippen LogP contribution in [0.1, 0.15) is 9.67 Å². The number of thiophene rings is 1. The number of nitrogens with two attached hydrogens (primary N) is 1. The van der Waals surface area contributed by atoms with Gasteiger partial charge >= 0.3 is 0 Å². The normalized spacial score (nSPS) is 10.7. The highest BCUT2D eigenvalue weighted by atomic mass is 32.1. The summed E-state index contributed by atoms with van der Waals surface area (Å²) >= 11 is 1.51. The number of benzene rings is 2. The Hall–Kier alpha value is -2.33. The van der Waals surface area contributed by atoms with E-state index in [1.807, 2.05) is 42.5 Å². The maximum absolute atomic E-state index is 12.5. The van der Waals surface area contributed by atoms with Gasteiger partial charge in [0.2, 0.25) is 0 Å². The molecule has 0 aliphatic rings. The van der Waals surface area contributed by atoms with Crippen molar-refractivity contribution in [3.8, 4) is 0 Å². The molecule has 100 valence electrons. The van der Waals surface area contributed by atoms with Crippen molar-refractivity contribution >= 4 is 38.7 Å². The first kappa shape index (κ1) is 12.7. The lowest BCUT2D eigenvalue weighted by molar-refractivity contribution is 0.0997. The molecule has 0 radical (unpaired) electrons. The number of nitrogen functional groups attached to an aromatic ring is 1. The van der Waals surface area contributed by atoms with Crippen LogP contribution in [0.2, 0.25) is 0 Å². The molecule has 2 N–H and O–H groups in total. The van der Waals surface area contributed by atoms with Gasteiger partial charge in [-0.2, -0.15) is 0 Å². The first-order chi connectivity index (χ1) is 9.65. The summed E-state index contributed by atoms with van der Waals surface area (Å²) in [6.07, 6.45) is 0. The fraction of sp³-hybridized carbons (Fsp3) is 0.0625. The minimum Gasteiger partial charge on any atom is -0.399 e. The van der Waals surface area contributed by atoms with Crippen molar-refractivity contribution in [3.63, 3.8) is 0 Å². The van der Waals surface area contributed by atoms with E-state index in [0.29, 0.717) is 5.69 Å². The molecule has 1 aromatic heterocycles. The lowest BCUT2D eigenvalue weighted by Gasteiger charge is -2.16. The summed E-state index contributed by atoms with van der Waals surface area (Å²) in [6, 6.07) is 17.3. The lowest BCUT2D eigenvalue weighted by Crippen LogP contribution is -2.25. The number of amides is 1. The van der Waals surface area contributed by atoms with E-state index in [1.165, 1.54) is 11.3 Å². The van der Waals surface area contributed by atoms with Crippen molar-refractivity contribution in [2.75, 3.05) is 17.7 Å². The molecule has 3 nitrogen and oxygen atoms in total. The smallest absolute Gasteiger partial charge is 0.268 e. The predicted molar refractivity (Wildman–Crippen MR) is 85.4 cm³/mol. The standard InChI is InChI=1S/C16H14N2OS/c1-18(13-7-4-6-12(17)10-13)16(19)15-9-11-5-2-3-8-14(11)20-15/h2-10H,17H2,1H3. The second-order valence-corrected chi connectivity index (χ2v) is 5.69. The molecule has 2 aromatic carbocycles. The second kappa shape index (κ2) is 4.98. The van der Waals surface area contributed by atoms with Crippen LogP contribution in [-0.2, 0) is 0 Å². The van der Waals surface area contributed by atoms with Crippen LogP contribution >= 0.6 is 11.3 Å². The molecule has 0 bridgehead atoms. The first-order valence-electron chi connectivity index (χ1n) is 6.27. The Morgan fingerprint density at radius 1 is 1.10 bits per heavy atom. The van der Waals surface area contributed by atoms with Crippen LogP contribution in [-0.4, -0.2) is 13.0 Å². The van der Waals surface area contributed by atoms with Crippen LogP contribution in [0.4, 0.5) is 11.4 Å². The number of rotatable bonds is 2. The van der Waals surface area contributed by atoms with Gasteiger partial charge in [-0.15, -0.1) is 11.3 Å². The quantitative estimate of drug-likeness (QED) is 0.727. The Balaban J connectivity index is 1.95. The fourth-order valence-electron chi connectivity index (χ4n) is 2.10. The fourth-order valence-corrected chi connectivity index (χ4v) is 3.14. The molecule has 0 saturated heterocycles. The third kappa shape index (κ3) is 2.26. The molecule has 1 amide bonds. The van der Waals surface area contributed by atoms with Crippen LogP contribution in [0.5, 0.6) is 0 Å². The molecule has 3 rings (SSSR count). The maximum atomic E-state index is 12.5. The van der Waals surface area contributed by atoms with Gasteiger partial charge in [0.15, 0.2) is 0 Å². The van der Waals surface area contributed by atoms with E-state index in [0.717, 1.165) is 20.7 Å². The number of nitrogens with zero attached hydrogens (tertiary/aromatic N) is 1. The van der Waals surface area contributed by atoms with E-state index in [-0.39, 0.29) is 5.91 Å².